The molecule has 0 spiro atoms. The van der Waals surface area contributed by atoms with Crippen LogP contribution in [0.5, 0.6) is 0 Å². The van der Waals surface area contributed by atoms with Gasteiger partial charge in [-0.3, -0.25) is 4.90 Å². The number of nitrogens with zero attached hydrogens (tertiary/aromatic N) is 1. The Morgan fingerprint density at radius 1 is 1.30 bits per heavy atom. The van der Waals surface area contributed by atoms with Crippen LogP contribution in [0.2, 0.25) is 0 Å². The van der Waals surface area contributed by atoms with Gasteiger partial charge in [-0.1, -0.05) is 28.8 Å². The van der Waals surface area contributed by atoms with E-state index in [0.717, 1.165) is 22.5 Å². The molecule has 2 fully saturated rings. The lowest BCUT2D eigenvalue weighted by molar-refractivity contribution is 0.135. The van der Waals surface area contributed by atoms with Gasteiger partial charge in [0.25, 0.3) is 0 Å². The molecule has 3 rings (SSSR count). The van der Waals surface area contributed by atoms with E-state index in [1.165, 1.54) is 38.2 Å². The van der Waals surface area contributed by atoms with Crippen LogP contribution in [0.4, 0.5) is 4.39 Å². The van der Waals surface area contributed by atoms with Crippen molar-refractivity contribution >= 4 is 15.9 Å². The van der Waals surface area contributed by atoms with E-state index in [2.05, 4.69) is 20.8 Å². The molecule has 2 nitrogen and oxygen atoms in total. The van der Waals surface area contributed by atoms with Crippen LogP contribution in [0.3, 0.4) is 0 Å². The molecule has 1 aliphatic heterocycles. The van der Waals surface area contributed by atoms with Crippen LogP contribution in [-0.2, 0) is 0 Å². The van der Waals surface area contributed by atoms with Crippen LogP contribution in [0.15, 0.2) is 22.7 Å². The topological polar surface area (TPSA) is 29.3 Å². The number of fused-ring (bicyclic) bond motifs is 1. The highest BCUT2D eigenvalue weighted by Gasteiger charge is 2.39. The third kappa shape index (κ3) is 2.66. The molecular weight excluding hydrogens is 319 g/mol. The summed E-state index contributed by atoms with van der Waals surface area (Å²) in [6, 6.07) is 5.70. The fourth-order valence-electron chi connectivity index (χ4n) is 4.04. The average molecular weight is 341 g/mol. The van der Waals surface area contributed by atoms with Crippen LogP contribution in [0.25, 0.3) is 0 Å². The van der Waals surface area contributed by atoms with E-state index in [-0.39, 0.29) is 11.9 Å². The molecule has 0 radical (unpaired) electrons. The van der Waals surface area contributed by atoms with Crippen molar-refractivity contribution in [3.63, 3.8) is 0 Å². The predicted octanol–water partition coefficient (Wildman–Crippen LogP) is 3.85. The Hall–Kier alpha value is -0.450. The lowest BCUT2D eigenvalue weighted by Crippen LogP contribution is -2.40. The molecule has 1 aliphatic carbocycles. The van der Waals surface area contributed by atoms with Crippen molar-refractivity contribution in [2.45, 2.75) is 44.2 Å². The zero-order valence-electron chi connectivity index (χ0n) is 11.7. The Balaban J connectivity index is 1.88. The number of benzene rings is 1. The summed E-state index contributed by atoms with van der Waals surface area (Å²) in [5.41, 5.74) is 7.04. The number of hydrogen-bond acceptors (Lipinski definition) is 2. The van der Waals surface area contributed by atoms with Gasteiger partial charge in [0.1, 0.15) is 5.82 Å². The molecule has 1 aromatic carbocycles. The quantitative estimate of drug-likeness (QED) is 0.905. The van der Waals surface area contributed by atoms with Gasteiger partial charge in [0.05, 0.1) is 0 Å². The molecule has 0 aromatic heterocycles. The smallest absolute Gasteiger partial charge is 0.123 e. The fourth-order valence-corrected chi connectivity index (χ4v) is 4.55. The van der Waals surface area contributed by atoms with Crippen molar-refractivity contribution < 1.29 is 4.39 Å². The molecule has 2 aliphatic rings. The van der Waals surface area contributed by atoms with Gasteiger partial charge in [-0.25, -0.2) is 4.39 Å². The molecule has 110 valence electrons. The van der Waals surface area contributed by atoms with Crippen molar-refractivity contribution in [3.05, 3.63) is 34.1 Å². The molecule has 3 unspecified atom stereocenters. The van der Waals surface area contributed by atoms with Gasteiger partial charge in [-0.2, -0.15) is 0 Å². The number of likely N-dealkylation sites (tertiary alicyclic amines) is 1. The Labute approximate surface area is 128 Å². The minimum atomic E-state index is -0.180. The lowest BCUT2D eigenvalue weighted by atomic mass is 9.84. The molecule has 4 heteroatoms. The van der Waals surface area contributed by atoms with E-state index in [0.29, 0.717) is 12.6 Å². The SMILES string of the molecule is NCC(c1cc(F)ccc1Br)N1CCC2CCCCC21. The highest BCUT2D eigenvalue weighted by atomic mass is 79.9. The van der Waals surface area contributed by atoms with Crippen LogP contribution >= 0.6 is 15.9 Å². The molecule has 1 saturated heterocycles. The summed E-state index contributed by atoms with van der Waals surface area (Å²) in [7, 11) is 0. The highest BCUT2D eigenvalue weighted by molar-refractivity contribution is 9.10. The predicted molar refractivity (Wildman–Crippen MR) is 83.0 cm³/mol. The standard InChI is InChI=1S/C16H22BrFN2/c17-14-6-5-12(18)9-13(14)16(10-19)20-8-7-11-3-1-2-4-15(11)20/h5-6,9,11,15-16H,1-4,7-8,10,19H2. The van der Waals surface area contributed by atoms with Gasteiger partial charge in [-0.15, -0.1) is 0 Å². The Morgan fingerprint density at radius 2 is 2.10 bits per heavy atom. The molecule has 0 bridgehead atoms. The summed E-state index contributed by atoms with van der Waals surface area (Å²) < 4.78 is 14.5. The summed E-state index contributed by atoms with van der Waals surface area (Å²) in [6.07, 6.45) is 6.58. The van der Waals surface area contributed by atoms with E-state index in [9.17, 15) is 4.39 Å². The van der Waals surface area contributed by atoms with E-state index in [1.54, 1.807) is 12.1 Å². The van der Waals surface area contributed by atoms with Crippen LogP contribution in [0.1, 0.15) is 43.7 Å². The average Bonchev–Trinajstić information content (AvgIpc) is 2.88. The van der Waals surface area contributed by atoms with Gasteiger partial charge in [0.15, 0.2) is 0 Å². The monoisotopic (exact) mass is 340 g/mol. The molecule has 1 saturated carbocycles. The molecule has 3 atom stereocenters. The van der Waals surface area contributed by atoms with E-state index < -0.39 is 0 Å². The lowest BCUT2D eigenvalue weighted by Gasteiger charge is -2.37. The normalized spacial score (nSPS) is 28.4. The highest BCUT2D eigenvalue weighted by Crippen LogP contribution is 2.41. The van der Waals surface area contributed by atoms with Gasteiger partial charge in [-0.05, 0) is 55.5 Å². The van der Waals surface area contributed by atoms with Crippen molar-refractivity contribution in [3.8, 4) is 0 Å². The Bertz CT molecular complexity index is 480. The van der Waals surface area contributed by atoms with Crippen LogP contribution in [-0.4, -0.2) is 24.0 Å². The second kappa shape index (κ2) is 6.12. The molecular formula is C16H22BrFN2. The summed E-state index contributed by atoms with van der Waals surface area (Å²) in [6.45, 7) is 1.64. The summed E-state index contributed by atoms with van der Waals surface area (Å²) in [4.78, 5) is 2.53. The number of nitrogens with two attached hydrogens (primary N) is 1. The van der Waals surface area contributed by atoms with Crippen LogP contribution in [0, 0.1) is 11.7 Å². The maximum absolute atomic E-state index is 13.6. The number of hydrogen-bond donors (Lipinski definition) is 1. The van der Waals surface area contributed by atoms with Gasteiger partial charge < -0.3 is 5.73 Å². The van der Waals surface area contributed by atoms with Gasteiger partial charge >= 0.3 is 0 Å². The summed E-state index contributed by atoms with van der Waals surface area (Å²) >= 11 is 3.56. The molecule has 1 aromatic rings. The first kappa shape index (κ1) is 14.5. The second-order valence-electron chi connectivity index (χ2n) is 6.06. The van der Waals surface area contributed by atoms with Gasteiger partial charge in [0, 0.05) is 23.1 Å². The first-order valence-electron chi connectivity index (χ1n) is 7.61. The minimum absolute atomic E-state index is 0.133. The molecule has 1 heterocycles. The van der Waals surface area contributed by atoms with Crippen molar-refractivity contribution in [1.82, 2.24) is 4.90 Å². The second-order valence-corrected chi connectivity index (χ2v) is 6.91. The van der Waals surface area contributed by atoms with E-state index >= 15 is 0 Å². The molecule has 0 amide bonds. The van der Waals surface area contributed by atoms with Crippen molar-refractivity contribution in [2.75, 3.05) is 13.1 Å². The molecule has 2 N–H and O–H groups in total. The Morgan fingerprint density at radius 3 is 2.90 bits per heavy atom. The molecule has 20 heavy (non-hydrogen) atoms. The van der Waals surface area contributed by atoms with Crippen LogP contribution < -0.4 is 5.73 Å². The summed E-state index contributed by atoms with van der Waals surface area (Å²) in [5, 5.41) is 0. The Kier molecular flexibility index (Phi) is 4.43. The van der Waals surface area contributed by atoms with E-state index in [4.69, 9.17) is 5.73 Å². The maximum atomic E-state index is 13.6. The minimum Gasteiger partial charge on any atom is -0.329 e. The largest absolute Gasteiger partial charge is 0.329 e. The third-order valence-corrected chi connectivity index (χ3v) is 5.72. The van der Waals surface area contributed by atoms with E-state index in [1.807, 2.05) is 0 Å². The summed E-state index contributed by atoms with van der Waals surface area (Å²) in [5.74, 6) is 0.645. The first-order valence-corrected chi connectivity index (χ1v) is 8.40. The maximum Gasteiger partial charge on any atom is 0.123 e. The zero-order chi connectivity index (χ0) is 14.1. The number of rotatable bonds is 3. The first-order chi connectivity index (χ1) is 9.70. The number of halogens is 2. The van der Waals surface area contributed by atoms with Gasteiger partial charge in [0.2, 0.25) is 0 Å². The zero-order valence-corrected chi connectivity index (χ0v) is 13.3. The van der Waals surface area contributed by atoms with Crippen molar-refractivity contribution in [1.29, 1.82) is 0 Å². The van der Waals surface area contributed by atoms with Crippen molar-refractivity contribution in [2.24, 2.45) is 11.7 Å². The fraction of sp³-hybridized carbons (Fsp3) is 0.625. The third-order valence-electron chi connectivity index (χ3n) is 4.99.